The van der Waals surface area contributed by atoms with E-state index in [-0.39, 0.29) is 23.4 Å². The van der Waals surface area contributed by atoms with E-state index in [1.54, 1.807) is 39.0 Å². The van der Waals surface area contributed by atoms with Crippen LogP contribution < -0.4 is 9.47 Å². The van der Waals surface area contributed by atoms with E-state index in [4.69, 9.17) is 9.47 Å². The van der Waals surface area contributed by atoms with E-state index < -0.39 is 0 Å². The van der Waals surface area contributed by atoms with Crippen molar-refractivity contribution in [2.75, 3.05) is 0 Å². The Kier molecular flexibility index (Phi) is 4.74. The van der Waals surface area contributed by atoms with Crippen molar-refractivity contribution in [3.63, 3.8) is 0 Å². The van der Waals surface area contributed by atoms with Gasteiger partial charge in [-0.3, -0.25) is 9.59 Å². The van der Waals surface area contributed by atoms with Crippen LogP contribution in [0.5, 0.6) is 11.5 Å². The number of para-hydroxylation sites is 1. The van der Waals surface area contributed by atoms with Crippen LogP contribution in [0, 0.1) is 12.8 Å². The highest BCUT2D eigenvalue weighted by atomic mass is 16.5. The van der Waals surface area contributed by atoms with Crippen LogP contribution in [0.15, 0.2) is 48.4 Å². The van der Waals surface area contributed by atoms with Gasteiger partial charge in [0, 0.05) is 34.8 Å². The summed E-state index contributed by atoms with van der Waals surface area (Å²) in [4.78, 5) is 24.8. The Hall–Kier alpha value is -3.34. The molecule has 0 spiro atoms. The van der Waals surface area contributed by atoms with Gasteiger partial charge in [-0.15, -0.1) is 0 Å². The topological polar surface area (TPSA) is 57.5 Å². The quantitative estimate of drug-likeness (QED) is 0.352. The maximum absolute atomic E-state index is 12.9. The summed E-state index contributed by atoms with van der Waals surface area (Å²) in [6, 6.07) is 11.4. The molecule has 5 heteroatoms. The van der Waals surface area contributed by atoms with E-state index >= 15 is 0 Å². The van der Waals surface area contributed by atoms with Crippen LogP contribution in [0.4, 0.5) is 0 Å². The first-order chi connectivity index (χ1) is 13.9. The van der Waals surface area contributed by atoms with Crippen molar-refractivity contribution < 1.29 is 19.1 Å². The summed E-state index contributed by atoms with van der Waals surface area (Å²) in [7, 11) is 0. The second kappa shape index (κ2) is 7.24. The van der Waals surface area contributed by atoms with Crippen LogP contribution in [0.2, 0.25) is 0 Å². The lowest BCUT2D eigenvalue weighted by molar-refractivity contribution is -0.137. The SMILES string of the molecule is CCn1cc(/C=C2\Oc3c(ccc(OC(=O)C(C)C)c3C)C2=O)c2ccccc21. The normalized spacial score (nSPS) is 14.5. The zero-order chi connectivity index (χ0) is 20.7. The zero-order valence-corrected chi connectivity index (χ0v) is 17.0. The molecule has 0 saturated heterocycles. The summed E-state index contributed by atoms with van der Waals surface area (Å²) >= 11 is 0. The van der Waals surface area contributed by atoms with Crippen molar-refractivity contribution >= 4 is 28.7 Å². The molecule has 0 fully saturated rings. The van der Waals surface area contributed by atoms with Crippen molar-refractivity contribution in [1.82, 2.24) is 4.57 Å². The van der Waals surface area contributed by atoms with Gasteiger partial charge >= 0.3 is 5.97 Å². The molecule has 1 aromatic heterocycles. The van der Waals surface area contributed by atoms with Crippen LogP contribution in [0.25, 0.3) is 17.0 Å². The Labute approximate surface area is 169 Å². The van der Waals surface area contributed by atoms with Crippen molar-refractivity contribution in [2.45, 2.75) is 34.2 Å². The Morgan fingerprint density at radius 3 is 2.69 bits per heavy atom. The molecular weight excluding hydrogens is 366 g/mol. The van der Waals surface area contributed by atoms with Gasteiger partial charge in [-0.05, 0) is 38.1 Å². The Bertz CT molecular complexity index is 1170. The average molecular weight is 389 g/mol. The predicted octanol–water partition coefficient (Wildman–Crippen LogP) is 5.15. The lowest BCUT2D eigenvalue weighted by Gasteiger charge is -2.11. The Balaban J connectivity index is 1.72. The second-order valence-corrected chi connectivity index (χ2v) is 7.47. The van der Waals surface area contributed by atoms with Crippen molar-refractivity contribution in [3.05, 3.63) is 65.0 Å². The number of esters is 1. The number of rotatable bonds is 4. The fourth-order valence-electron chi connectivity index (χ4n) is 3.50. The van der Waals surface area contributed by atoms with Gasteiger partial charge in [0.1, 0.15) is 11.5 Å². The van der Waals surface area contributed by atoms with Crippen LogP contribution in [0.1, 0.15) is 42.3 Å². The number of Topliss-reactive ketones (excluding diaryl/α,β-unsaturated/α-hetero) is 1. The molecule has 148 valence electrons. The van der Waals surface area contributed by atoms with Crippen LogP contribution in [-0.4, -0.2) is 16.3 Å². The third kappa shape index (κ3) is 3.23. The number of aromatic nitrogens is 1. The number of aryl methyl sites for hydroxylation is 1. The van der Waals surface area contributed by atoms with Gasteiger partial charge in [0.05, 0.1) is 11.5 Å². The number of nitrogens with zero attached hydrogens (tertiary/aromatic N) is 1. The van der Waals surface area contributed by atoms with Gasteiger partial charge < -0.3 is 14.0 Å². The molecule has 4 rings (SSSR count). The summed E-state index contributed by atoms with van der Waals surface area (Å²) in [5.74, 6) is 0.415. The number of hydrogen-bond acceptors (Lipinski definition) is 4. The standard InChI is InChI=1S/C24H23NO4/c1-5-25-13-16(17-8-6-7-9-19(17)25)12-21-22(26)18-10-11-20(15(4)23(18)28-21)29-24(27)14(2)3/h6-14H,5H2,1-4H3/b21-12-. The minimum atomic E-state index is -0.319. The lowest BCUT2D eigenvalue weighted by atomic mass is 10.1. The maximum Gasteiger partial charge on any atom is 0.313 e. The number of benzene rings is 2. The molecule has 0 amide bonds. The monoisotopic (exact) mass is 389 g/mol. The second-order valence-electron chi connectivity index (χ2n) is 7.47. The van der Waals surface area contributed by atoms with Crippen LogP contribution in [-0.2, 0) is 11.3 Å². The van der Waals surface area contributed by atoms with Gasteiger partial charge in [0.15, 0.2) is 5.76 Å². The molecule has 29 heavy (non-hydrogen) atoms. The van der Waals surface area contributed by atoms with Crippen LogP contribution in [0.3, 0.4) is 0 Å². The molecule has 0 saturated carbocycles. The number of allylic oxidation sites excluding steroid dienone is 1. The van der Waals surface area contributed by atoms with Gasteiger partial charge in [0.25, 0.3) is 0 Å². The van der Waals surface area contributed by atoms with Gasteiger partial charge in [-0.1, -0.05) is 32.0 Å². The number of hydrogen-bond donors (Lipinski definition) is 0. The van der Waals surface area contributed by atoms with Gasteiger partial charge in [-0.2, -0.15) is 0 Å². The minimum absolute atomic E-state index is 0.168. The van der Waals surface area contributed by atoms with Crippen LogP contribution >= 0.6 is 0 Å². The van der Waals surface area contributed by atoms with Gasteiger partial charge in [0.2, 0.25) is 5.78 Å². The maximum atomic E-state index is 12.9. The molecule has 0 bridgehead atoms. The fraction of sp³-hybridized carbons (Fsp3) is 0.250. The van der Waals surface area contributed by atoms with Crippen molar-refractivity contribution in [2.24, 2.45) is 5.92 Å². The van der Waals surface area contributed by atoms with E-state index in [0.717, 1.165) is 23.0 Å². The van der Waals surface area contributed by atoms with E-state index in [0.29, 0.717) is 22.6 Å². The summed E-state index contributed by atoms with van der Waals surface area (Å²) in [6.45, 7) is 8.26. The molecule has 2 heterocycles. The highest BCUT2D eigenvalue weighted by Gasteiger charge is 2.31. The summed E-state index contributed by atoms with van der Waals surface area (Å²) in [5, 5.41) is 1.07. The lowest BCUT2D eigenvalue weighted by Crippen LogP contribution is -2.15. The first-order valence-corrected chi connectivity index (χ1v) is 9.78. The summed E-state index contributed by atoms with van der Waals surface area (Å²) in [6.07, 6.45) is 3.82. The van der Waals surface area contributed by atoms with E-state index in [1.165, 1.54) is 0 Å². The minimum Gasteiger partial charge on any atom is -0.452 e. The van der Waals surface area contributed by atoms with E-state index in [1.807, 2.05) is 24.4 Å². The summed E-state index contributed by atoms with van der Waals surface area (Å²) in [5.41, 5.74) is 3.17. The number of ether oxygens (including phenoxy) is 2. The Morgan fingerprint density at radius 2 is 1.97 bits per heavy atom. The number of fused-ring (bicyclic) bond motifs is 2. The number of carbonyl (C=O) groups is 2. The first-order valence-electron chi connectivity index (χ1n) is 9.78. The molecule has 5 nitrogen and oxygen atoms in total. The Morgan fingerprint density at radius 1 is 1.21 bits per heavy atom. The summed E-state index contributed by atoms with van der Waals surface area (Å²) < 4.78 is 13.5. The molecule has 1 aliphatic rings. The molecule has 2 aromatic carbocycles. The molecule has 0 N–H and O–H groups in total. The largest absolute Gasteiger partial charge is 0.452 e. The third-order valence-electron chi connectivity index (χ3n) is 5.17. The molecule has 1 aliphatic heterocycles. The molecule has 0 atom stereocenters. The number of carbonyl (C=O) groups excluding carboxylic acids is 2. The number of ketones is 1. The molecule has 0 aliphatic carbocycles. The smallest absolute Gasteiger partial charge is 0.313 e. The molecule has 0 unspecified atom stereocenters. The average Bonchev–Trinajstić information content (AvgIpc) is 3.23. The van der Waals surface area contributed by atoms with Crippen molar-refractivity contribution in [1.29, 1.82) is 0 Å². The first kappa shape index (κ1) is 19.0. The molecule has 3 aromatic rings. The fourth-order valence-corrected chi connectivity index (χ4v) is 3.50. The molecular formula is C24H23NO4. The highest BCUT2D eigenvalue weighted by molar-refractivity contribution is 6.15. The third-order valence-corrected chi connectivity index (χ3v) is 5.17. The molecule has 0 radical (unpaired) electrons. The van der Waals surface area contributed by atoms with Gasteiger partial charge in [-0.25, -0.2) is 0 Å². The highest BCUT2D eigenvalue weighted by Crippen LogP contribution is 2.40. The van der Waals surface area contributed by atoms with E-state index in [2.05, 4.69) is 17.6 Å². The predicted molar refractivity (Wildman–Crippen MR) is 112 cm³/mol. The zero-order valence-electron chi connectivity index (χ0n) is 17.0. The van der Waals surface area contributed by atoms with E-state index in [9.17, 15) is 9.59 Å². The van der Waals surface area contributed by atoms with Crippen molar-refractivity contribution in [3.8, 4) is 11.5 Å².